The summed E-state index contributed by atoms with van der Waals surface area (Å²) in [5.74, 6) is 2.47. The molecule has 1 aliphatic heterocycles. The summed E-state index contributed by atoms with van der Waals surface area (Å²) < 4.78 is 13.6. The van der Waals surface area contributed by atoms with Gasteiger partial charge in [0.2, 0.25) is 0 Å². The molecule has 5 rings (SSSR count). The van der Waals surface area contributed by atoms with E-state index in [1.54, 1.807) is 0 Å². The molecule has 7 nitrogen and oxygen atoms in total. The fraction of sp³-hybridized carbons (Fsp3) is 0.269. The van der Waals surface area contributed by atoms with Crippen molar-refractivity contribution >= 4 is 11.6 Å². The smallest absolute Gasteiger partial charge is 0.260 e. The van der Waals surface area contributed by atoms with E-state index in [2.05, 4.69) is 10.2 Å². The van der Waals surface area contributed by atoms with Crippen molar-refractivity contribution in [2.45, 2.75) is 25.4 Å². The van der Waals surface area contributed by atoms with Crippen molar-refractivity contribution in [3.63, 3.8) is 0 Å². The molecule has 1 aliphatic rings. The first-order valence-electron chi connectivity index (χ1n) is 11.2. The van der Waals surface area contributed by atoms with E-state index in [0.29, 0.717) is 18.9 Å². The SMILES string of the molecule is O=C(COc1ccc(OCc2ccccc2)cc1)N1CCC[C@H](c2nnc3ccccn23)C1. The van der Waals surface area contributed by atoms with Crippen LogP contribution in [0.2, 0.25) is 0 Å². The molecule has 0 bridgehead atoms. The van der Waals surface area contributed by atoms with Crippen LogP contribution in [0.15, 0.2) is 79.0 Å². The summed E-state index contributed by atoms with van der Waals surface area (Å²) in [7, 11) is 0. The number of likely N-dealkylation sites (tertiary alicyclic amines) is 1. The van der Waals surface area contributed by atoms with Crippen LogP contribution < -0.4 is 9.47 Å². The summed E-state index contributed by atoms with van der Waals surface area (Å²) in [4.78, 5) is 14.7. The van der Waals surface area contributed by atoms with Gasteiger partial charge < -0.3 is 14.4 Å². The number of hydrogen-bond donors (Lipinski definition) is 0. The molecule has 1 atom stereocenters. The zero-order valence-corrected chi connectivity index (χ0v) is 18.3. The second-order valence-corrected chi connectivity index (χ2v) is 8.20. The van der Waals surface area contributed by atoms with Crippen LogP contribution in [-0.2, 0) is 11.4 Å². The van der Waals surface area contributed by atoms with Gasteiger partial charge in [0.05, 0.1) is 0 Å². The maximum absolute atomic E-state index is 12.8. The summed E-state index contributed by atoms with van der Waals surface area (Å²) in [5.41, 5.74) is 1.94. The molecule has 0 unspecified atom stereocenters. The van der Waals surface area contributed by atoms with Crippen molar-refractivity contribution in [2.75, 3.05) is 19.7 Å². The first kappa shape index (κ1) is 21.0. The lowest BCUT2D eigenvalue weighted by Gasteiger charge is -2.31. The van der Waals surface area contributed by atoms with E-state index in [0.717, 1.165) is 42.2 Å². The second kappa shape index (κ2) is 9.73. The van der Waals surface area contributed by atoms with E-state index >= 15 is 0 Å². The Bertz CT molecular complexity index is 1210. The molecule has 0 N–H and O–H groups in total. The van der Waals surface area contributed by atoms with Crippen LogP contribution in [0.25, 0.3) is 5.65 Å². The van der Waals surface area contributed by atoms with Crippen molar-refractivity contribution in [3.05, 3.63) is 90.4 Å². The molecule has 0 aliphatic carbocycles. The van der Waals surface area contributed by atoms with Gasteiger partial charge in [-0.3, -0.25) is 9.20 Å². The van der Waals surface area contributed by atoms with E-state index in [4.69, 9.17) is 9.47 Å². The number of rotatable bonds is 7. The van der Waals surface area contributed by atoms with Crippen LogP contribution in [0.3, 0.4) is 0 Å². The molecule has 1 fully saturated rings. The fourth-order valence-corrected chi connectivity index (χ4v) is 4.16. The van der Waals surface area contributed by atoms with Gasteiger partial charge in [0.1, 0.15) is 23.9 Å². The average Bonchev–Trinajstić information content (AvgIpc) is 3.32. The number of ether oxygens (including phenoxy) is 2. The maximum Gasteiger partial charge on any atom is 0.260 e. The molecule has 0 radical (unpaired) electrons. The van der Waals surface area contributed by atoms with E-state index in [9.17, 15) is 4.79 Å². The van der Waals surface area contributed by atoms with Crippen molar-refractivity contribution in [1.29, 1.82) is 0 Å². The summed E-state index contributed by atoms with van der Waals surface area (Å²) >= 11 is 0. The van der Waals surface area contributed by atoms with Crippen molar-refractivity contribution < 1.29 is 14.3 Å². The molecule has 1 amide bonds. The standard InChI is InChI=1S/C26H26N4O3/c31-25(19-33-23-13-11-22(12-14-23)32-18-20-7-2-1-3-8-20)29-15-6-9-21(17-29)26-28-27-24-10-4-5-16-30(24)26/h1-5,7-8,10-14,16,21H,6,9,15,17-19H2/t21-/m0/s1. The number of nitrogens with zero attached hydrogens (tertiary/aromatic N) is 4. The summed E-state index contributed by atoms with van der Waals surface area (Å²) in [6.45, 7) is 1.89. The van der Waals surface area contributed by atoms with E-state index in [-0.39, 0.29) is 18.4 Å². The maximum atomic E-state index is 12.8. The van der Waals surface area contributed by atoms with Crippen molar-refractivity contribution in [2.24, 2.45) is 0 Å². The summed E-state index contributed by atoms with van der Waals surface area (Å²) in [6, 6.07) is 23.2. The average molecular weight is 443 g/mol. The molecule has 0 saturated carbocycles. The van der Waals surface area contributed by atoms with Gasteiger partial charge in [0.15, 0.2) is 12.3 Å². The van der Waals surface area contributed by atoms with Gasteiger partial charge in [0.25, 0.3) is 5.91 Å². The van der Waals surface area contributed by atoms with Gasteiger partial charge in [0, 0.05) is 25.2 Å². The normalized spacial score (nSPS) is 16.0. The molecule has 7 heteroatoms. The molecule has 1 saturated heterocycles. The molecule has 3 heterocycles. The van der Waals surface area contributed by atoms with Gasteiger partial charge in [-0.2, -0.15) is 0 Å². The van der Waals surface area contributed by atoms with Crippen LogP contribution >= 0.6 is 0 Å². The number of benzene rings is 2. The quantitative estimate of drug-likeness (QED) is 0.431. The highest BCUT2D eigenvalue weighted by Gasteiger charge is 2.28. The minimum absolute atomic E-state index is 0.0114. The van der Waals surface area contributed by atoms with E-state index < -0.39 is 0 Å². The first-order chi connectivity index (χ1) is 16.3. The number of pyridine rings is 1. The predicted octanol–water partition coefficient (Wildman–Crippen LogP) is 4.09. The Kier molecular flexibility index (Phi) is 6.19. The Morgan fingerprint density at radius 1 is 0.909 bits per heavy atom. The van der Waals surface area contributed by atoms with Crippen molar-refractivity contribution in [1.82, 2.24) is 19.5 Å². The van der Waals surface area contributed by atoms with Gasteiger partial charge >= 0.3 is 0 Å². The molecule has 4 aromatic rings. The molecule has 33 heavy (non-hydrogen) atoms. The van der Waals surface area contributed by atoms with Crippen LogP contribution in [-0.4, -0.2) is 45.1 Å². The lowest BCUT2D eigenvalue weighted by atomic mass is 9.97. The summed E-state index contributed by atoms with van der Waals surface area (Å²) in [6.07, 6.45) is 3.90. The largest absolute Gasteiger partial charge is 0.489 e. The lowest BCUT2D eigenvalue weighted by molar-refractivity contribution is -0.134. The Balaban J connectivity index is 1.14. The molecular weight excluding hydrogens is 416 g/mol. The van der Waals surface area contributed by atoms with Crippen LogP contribution in [0.4, 0.5) is 0 Å². The Morgan fingerprint density at radius 3 is 2.48 bits per heavy atom. The number of aromatic nitrogens is 3. The number of piperidine rings is 1. The molecule has 0 spiro atoms. The van der Waals surface area contributed by atoms with E-state index in [1.807, 2.05) is 88.3 Å². The highest BCUT2D eigenvalue weighted by Crippen LogP contribution is 2.26. The minimum atomic E-state index is -0.0158. The fourth-order valence-electron chi connectivity index (χ4n) is 4.16. The Labute approximate surface area is 192 Å². The zero-order chi connectivity index (χ0) is 22.5. The van der Waals surface area contributed by atoms with Gasteiger partial charge in [-0.25, -0.2) is 0 Å². The number of hydrogen-bond acceptors (Lipinski definition) is 5. The Morgan fingerprint density at radius 2 is 1.67 bits per heavy atom. The second-order valence-electron chi connectivity index (χ2n) is 8.20. The van der Waals surface area contributed by atoms with Crippen LogP contribution in [0.1, 0.15) is 30.1 Å². The third kappa shape index (κ3) is 4.98. The highest BCUT2D eigenvalue weighted by molar-refractivity contribution is 5.78. The van der Waals surface area contributed by atoms with Gasteiger partial charge in [-0.05, 0) is 54.8 Å². The third-order valence-corrected chi connectivity index (χ3v) is 5.91. The lowest BCUT2D eigenvalue weighted by Crippen LogP contribution is -2.42. The third-order valence-electron chi connectivity index (χ3n) is 5.91. The first-order valence-corrected chi connectivity index (χ1v) is 11.2. The number of carbonyl (C=O) groups is 1. The molecule has 2 aromatic carbocycles. The molecule has 168 valence electrons. The topological polar surface area (TPSA) is 69.0 Å². The minimum Gasteiger partial charge on any atom is -0.489 e. The summed E-state index contributed by atoms with van der Waals surface area (Å²) in [5, 5.41) is 8.63. The van der Waals surface area contributed by atoms with Crippen LogP contribution in [0, 0.1) is 0 Å². The number of fused-ring (bicyclic) bond motifs is 1. The Hall–Kier alpha value is -3.87. The van der Waals surface area contributed by atoms with E-state index in [1.165, 1.54) is 0 Å². The predicted molar refractivity (Wildman–Crippen MR) is 124 cm³/mol. The van der Waals surface area contributed by atoms with Crippen LogP contribution in [0.5, 0.6) is 11.5 Å². The molecular formula is C26H26N4O3. The van der Waals surface area contributed by atoms with Gasteiger partial charge in [-0.1, -0.05) is 36.4 Å². The number of carbonyl (C=O) groups excluding carboxylic acids is 1. The zero-order valence-electron chi connectivity index (χ0n) is 18.3. The van der Waals surface area contributed by atoms with Gasteiger partial charge in [-0.15, -0.1) is 10.2 Å². The monoisotopic (exact) mass is 442 g/mol. The number of amides is 1. The highest BCUT2D eigenvalue weighted by atomic mass is 16.5. The molecule has 2 aromatic heterocycles. The van der Waals surface area contributed by atoms with Crippen molar-refractivity contribution in [3.8, 4) is 11.5 Å².